The first-order valence-electron chi connectivity index (χ1n) is 11.9. The van der Waals surface area contributed by atoms with E-state index in [1.54, 1.807) is 30.9 Å². The van der Waals surface area contributed by atoms with Crippen molar-refractivity contribution in [1.82, 2.24) is 10.2 Å². The average Bonchev–Trinajstić information content (AvgIpc) is 2.88. The standard InChI is InChI=1S/C27H36N2O4S/c1-20(27(31)28-23-7-5-4-6-8-23)29(17-21-9-13-24(32-2)14-10-21)26(30)19-34-18-22-11-15-25(33-3)16-12-22/h9-16,20,23H,4-8,17-19H2,1-3H3,(H,28,31)/t20-/m1/s1. The normalized spacial score (nSPS) is 14.8. The molecular formula is C27H36N2O4S. The van der Waals surface area contributed by atoms with Crippen LogP contribution in [0.1, 0.15) is 50.2 Å². The molecule has 0 radical (unpaired) electrons. The monoisotopic (exact) mass is 484 g/mol. The van der Waals surface area contributed by atoms with E-state index in [1.165, 1.54) is 6.42 Å². The molecule has 0 aromatic heterocycles. The second-order valence-electron chi connectivity index (χ2n) is 8.73. The van der Waals surface area contributed by atoms with Gasteiger partial charge in [-0.2, -0.15) is 0 Å². The van der Waals surface area contributed by atoms with Gasteiger partial charge >= 0.3 is 0 Å². The van der Waals surface area contributed by atoms with Crippen molar-refractivity contribution in [1.29, 1.82) is 0 Å². The zero-order valence-electron chi connectivity index (χ0n) is 20.4. The number of carbonyl (C=O) groups is 2. The fourth-order valence-corrected chi connectivity index (χ4v) is 5.01. The SMILES string of the molecule is COc1ccc(CSCC(=O)N(Cc2ccc(OC)cc2)[C@H](C)C(=O)NC2CCCCC2)cc1. The summed E-state index contributed by atoms with van der Waals surface area (Å²) in [7, 11) is 3.27. The molecule has 1 fully saturated rings. The van der Waals surface area contributed by atoms with Gasteiger partial charge in [-0.3, -0.25) is 9.59 Å². The molecule has 0 bridgehead atoms. The van der Waals surface area contributed by atoms with Gasteiger partial charge < -0.3 is 19.7 Å². The predicted molar refractivity (Wildman–Crippen MR) is 137 cm³/mol. The van der Waals surface area contributed by atoms with Gasteiger partial charge in [-0.1, -0.05) is 43.5 Å². The van der Waals surface area contributed by atoms with Crippen molar-refractivity contribution in [2.45, 2.75) is 63.4 Å². The zero-order valence-corrected chi connectivity index (χ0v) is 21.2. The van der Waals surface area contributed by atoms with Crippen LogP contribution in [0.4, 0.5) is 0 Å². The maximum Gasteiger partial charge on any atom is 0.242 e. The van der Waals surface area contributed by atoms with Crippen molar-refractivity contribution in [2.24, 2.45) is 0 Å². The summed E-state index contributed by atoms with van der Waals surface area (Å²) in [6.45, 7) is 2.21. The predicted octanol–water partition coefficient (Wildman–Crippen LogP) is 4.80. The van der Waals surface area contributed by atoms with Gasteiger partial charge in [0, 0.05) is 18.3 Å². The molecule has 3 rings (SSSR count). The fourth-order valence-electron chi connectivity index (χ4n) is 4.14. The van der Waals surface area contributed by atoms with Gasteiger partial charge in [0.15, 0.2) is 0 Å². The molecular weight excluding hydrogens is 448 g/mol. The number of nitrogens with zero attached hydrogens (tertiary/aromatic N) is 1. The maximum absolute atomic E-state index is 13.3. The minimum atomic E-state index is -0.543. The van der Waals surface area contributed by atoms with Crippen molar-refractivity contribution in [3.8, 4) is 11.5 Å². The van der Waals surface area contributed by atoms with Crippen molar-refractivity contribution in [3.05, 3.63) is 59.7 Å². The molecule has 0 saturated heterocycles. The smallest absolute Gasteiger partial charge is 0.242 e. The lowest BCUT2D eigenvalue weighted by Crippen LogP contribution is -2.50. The lowest BCUT2D eigenvalue weighted by Gasteiger charge is -2.31. The van der Waals surface area contributed by atoms with Crippen LogP contribution >= 0.6 is 11.8 Å². The molecule has 6 nitrogen and oxygen atoms in total. The molecule has 2 aromatic rings. The van der Waals surface area contributed by atoms with Crippen LogP contribution in [0, 0.1) is 0 Å². The topological polar surface area (TPSA) is 67.9 Å². The van der Waals surface area contributed by atoms with E-state index < -0.39 is 6.04 Å². The number of rotatable bonds is 11. The van der Waals surface area contributed by atoms with Crippen molar-refractivity contribution < 1.29 is 19.1 Å². The van der Waals surface area contributed by atoms with Crippen LogP contribution in [0.5, 0.6) is 11.5 Å². The van der Waals surface area contributed by atoms with Crippen molar-refractivity contribution >= 4 is 23.6 Å². The number of nitrogens with one attached hydrogen (secondary N) is 1. The van der Waals surface area contributed by atoms with Crippen LogP contribution in [0.25, 0.3) is 0 Å². The molecule has 2 aromatic carbocycles. The van der Waals surface area contributed by atoms with Crippen LogP contribution < -0.4 is 14.8 Å². The molecule has 1 saturated carbocycles. The van der Waals surface area contributed by atoms with Crippen molar-refractivity contribution in [2.75, 3.05) is 20.0 Å². The summed E-state index contributed by atoms with van der Waals surface area (Å²) < 4.78 is 10.4. The summed E-state index contributed by atoms with van der Waals surface area (Å²) in [5, 5.41) is 3.18. The Labute approximate surface area is 207 Å². The van der Waals surface area contributed by atoms with E-state index in [1.807, 2.05) is 55.5 Å². The number of carbonyl (C=O) groups excluding carboxylic acids is 2. The van der Waals surface area contributed by atoms with Crippen LogP contribution in [-0.2, 0) is 21.9 Å². The molecule has 1 aliphatic rings. The molecule has 1 aliphatic carbocycles. The van der Waals surface area contributed by atoms with Crippen LogP contribution in [-0.4, -0.2) is 48.8 Å². The van der Waals surface area contributed by atoms with Gasteiger partial charge in [-0.05, 0) is 55.2 Å². The van der Waals surface area contributed by atoms with E-state index in [9.17, 15) is 9.59 Å². The van der Waals surface area contributed by atoms with Crippen LogP contribution in [0.15, 0.2) is 48.5 Å². The van der Waals surface area contributed by atoms with E-state index in [2.05, 4.69) is 5.32 Å². The lowest BCUT2D eigenvalue weighted by molar-refractivity contribution is -0.139. The maximum atomic E-state index is 13.3. The van der Waals surface area contributed by atoms with Gasteiger partial charge in [-0.25, -0.2) is 0 Å². The Morgan fingerprint density at radius 3 is 2.06 bits per heavy atom. The Bertz CT molecular complexity index is 911. The van der Waals surface area contributed by atoms with Gasteiger partial charge in [0.1, 0.15) is 17.5 Å². The molecule has 1 N–H and O–H groups in total. The number of hydrogen-bond acceptors (Lipinski definition) is 5. The Morgan fingerprint density at radius 2 is 1.50 bits per heavy atom. The molecule has 7 heteroatoms. The summed E-state index contributed by atoms with van der Waals surface area (Å²) in [5.41, 5.74) is 2.09. The number of benzene rings is 2. The van der Waals surface area contributed by atoms with E-state index in [4.69, 9.17) is 9.47 Å². The minimum absolute atomic E-state index is 0.0411. The fraction of sp³-hybridized carbons (Fsp3) is 0.481. The zero-order chi connectivity index (χ0) is 24.3. The van der Waals surface area contributed by atoms with Gasteiger partial charge in [0.2, 0.25) is 11.8 Å². The number of thioether (sulfide) groups is 1. The minimum Gasteiger partial charge on any atom is -0.497 e. The first-order chi connectivity index (χ1) is 16.5. The molecule has 2 amide bonds. The molecule has 0 unspecified atom stereocenters. The van der Waals surface area contributed by atoms with E-state index >= 15 is 0 Å². The molecule has 34 heavy (non-hydrogen) atoms. The lowest BCUT2D eigenvalue weighted by atomic mass is 9.95. The van der Waals surface area contributed by atoms with Crippen LogP contribution in [0.2, 0.25) is 0 Å². The molecule has 0 aliphatic heterocycles. The highest BCUT2D eigenvalue weighted by atomic mass is 32.2. The summed E-state index contributed by atoms with van der Waals surface area (Å²) in [4.78, 5) is 28.0. The highest BCUT2D eigenvalue weighted by molar-refractivity contribution is 7.99. The Morgan fingerprint density at radius 1 is 0.941 bits per heavy atom. The number of methoxy groups -OCH3 is 2. The number of hydrogen-bond donors (Lipinski definition) is 1. The molecule has 1 atom stereocenters. The second-order valence-corrected chi connectivity index (χ2v) is 9.72. The Hall–Kier alpha value is -2.67. The number of amides is 2. The molecule has 0 heterocycles. The summed E-state index contributed by atoms with van der Waals surface area (Å²) in [6.07, 6.45) is 5.56. The van der Waals surface area contributed by atoms with Gasteiger partial charge in [0.25, 0.3) is 0 Å². The average molecular weight is 485 g/mol. The number of ether oxygens (including phenoxy) is 2. The van der Waals surface area contributed by atoms with Gasteiger partial charge in [0.05, 0.1) is 20.0 Å². The largest absolute Gasteiger partial charge is 0.497 e. The third-order valence-electron chi connectivity index (χ3n) is 6.28. The third kappa shape index (κ3) is 7.69. The summed E-state index contributed by atoms with van der Waals surface area (Å²) >= 11 is 1.55. The third-order valence-corrected chi connectivity index (χ3v) is 7.27. The molecule has 184 valence electrons. The quantitative estimate of drug-likeness (QED) is 0.496. The summed E-state index contributed by atoms with van der Waals surface area (Å²) in [6, 6.07) is 15.2. The summed E-state index contributed by atoms with van der Waals surface area (Å²) in [5.74, 6) is 2.49. The van der Waals surface area contributed by atoms with E-state index in [0.717, 1.165) is 54.1 Å². The van der Waals surface area contributed by atoms with E-state index in [-0.39, 0.29) is 17.9 Å². The first-order valence-corrected chi connectivity index (χ1v) is 13.1. The van der Waals surface area contributed by atoms with E-state index in [0.29, 0.717) is 12.3 Å². The van der Waals surface area contributed by atoms with Gasteiger partial charge in [-0.15, -0.1) is 11.8 Å². The second kappa shape index (κ2) is 13.3. The Kier molecular flexibility index (Phi) is 10.1. The molecule has 0 spiro atoms. The highest BCUT2D eigenvalue weighted by Crippen LogP contribution is 2.21. The Balaban J connectivity index is 1.64. The van der Waals surface area contributed by atoms with Crippen LogP contribution in [0.3, 0.4) is 0 Å². The first kappa shape index (κ1) is 25.9. The van der Waals surface area contributed by atoms with Crippen molar-refractivity contribution in [3.63, 3.8) is 0 Å². The highest BCUT2D eigenvalue weighted by Gasteiger charge is 2.28.